The second-order valence-corrected chi connectivity index (χ2v) is 25.0. The van der Waals surface area contributed by atoms with Gasteiger partial charge in [-0.05, 0) is 136 Å². The van der Waals surface area contributed by atoms with Gasteiger partial charge in [-0.2, -0.15) is 0 Å². The predicted octanol–water partition coefficient (Wildman–Crippen LogP) is -3.85. The first-order chi connectivity index (χ1) is 33.9. The molecule has 0 aromatic heterocycles. The minimum Gasteiger partial charge on any atom is -0.222 e. The summed E-state index contributed by atoms with van der Waals surface area (Å²) in [4.78, 5) is 8.35. The van der Waals surface area contributed by atoms with E-state index in [2.05, 4.69) is 222 Å². The van der Waals surface area contributed by atoms with Crippen LogP contribution < -0.4 is 77.1 Å². The highest BCUT2D eigenvalue weighted by Gasteiger charge is 2.33. The Morgan fingerprint density at radius 1 is 0.292 bits per heavy atom. The molecular formula is C54H48Cl3IO12S2. The van der Waals surface area contributed by atoms with Crippen LogP contribution in [0.2, 0.25) is 0 Å². The van der Waals surface area contributed by atoms with Gasteiger partial charge < -0.3 is 0 Å². The van der Waals surface area contributed by atoms with Gasteiger partial charge in [-0.1, -0.05) is 121 Å². The van der Waals surface area contributed by atoms with Gasteiger partial charge in [0.1, 0.15) is 0 Å². The van der Waals surface area contributed by atoms with Crippen LogP contribution >= 0.6 is 0 Å². The molecule has 0 saturated heterocycles. The molecule has 8 rings (SSSR count). The van der Waals surface area contributed by atoms with Crippen LogP contribution in [0, 0.1) is 65.6 Å². The monoisotopic (exact) mass is 1180 g/mol. The number of hydrogen-bond acceptors (Lipinski definition) is 12. The second kappa shape index (κ2) is 27.2. The van der Waals surface area contributed by atoms with Crippen LogP contribution in [0.1, 0.15) is 44.5 Å². The highest BCUT2D eigenvalue weighted by atomic mass is 127. The molecule has 0 amide bonds. The fraction of sp³-hybridized carbons (Fsp3) is 0.111. The Hall–Kier alpha value is -4.42. The van der Waals surface area contributed by atoms with Gasteiger partial charge in [0.15, 0.2) is 36.5 Å². The zero-order valence-electron chi connectivity index (χ0n) is 39.1. The minimum atomic E-state index is -4.94. The minimum absolute atomic E-state index is 0.140. The normalized spacial score (nSPS) is 11.5. The number of benzene rings is 8. The highest BCUT2D eigenvalue weighted by Crippen LogP contribution is 2.36. The van der Waals surface area contributed by atoms with Crippen molar-refractivity contribution in [3.8, 4) is 0 Å². The van der Waals surface area contributed by atoms with E-state index >= 15 is 0 Å². The molecule has 0 aliphatic heterocycles. The molecule has 0 fully saturated rings. The third-order valence-electron chi connectivity index (χ3n) is 10.4. The number of rotatable bonds is 12. The Morgan fingerprint density at radius 3 is 0.694 bits per heavy atom. The maximum atomic E-state index is 8.49. The van der Waals surface area contributed by atoms with E-state index in [9.17, 15) is 0 Å². The van der Waals surface area contributed by atoms with E-state index in [4.69, 9.17) is 55.9 Å². The van der Waals surface area contributed by atoms with Gasteiger partial charge in [-0.25, -0.2) is 55.9 Å². The molecule has 0 aliphatic carbocycles. The van der Waals surface area contributed by atoms with Crippen molar-refractivity contribution in [1.82, 2.24) is 0 Å². The maximum Gasteiger partial charge on any atom is 0.357 e. The van der Waals surface area contributed by atoms with Crippen LogP contribution in [-0.4, -0.2) is 0 Å². The van der Waals surface area contributed by atoms with E-state index < -0.39 is 30.7 Å². The molecular weight excluding hydrogens is 1140 g/mol. The largest absolute Gasteiger partial charge is 0.357 e. The molecule has 0 spiro atoms. The lowest BCUT2D eigenvalue weighted by atomic mass is 10.1. The van der Waals surface area contributed by atoms with E-state index in [-0.39, 0.29) is 43.0 Å². The summed E-state index contributed by atoms with van der Waals surface area (Å²) in [6.07, 6.45) is 1.88. The van der Waals surface area contributed by atoms with Crippen LogP contribution in [0.5, 0.6) is 0 Å². The van der Waals surface area contributed by atoms with Gasteiger partial charge in [0, 0.05) is 22.3 Å². The molecule has 12 nitrogen and oxygen atoms in total. The van der Waals surface area contributed by atoms with Crippen LogP contribution in [-0.2, 0) is 34.6 Å². The van der Waals surface area contributed by atoms with Crippen LogP contribution in [0.3, 0.4) is 0 Å². The van der Waals surface area contributed by atoms with Gasteiger partial charge in [0.2, 0.25) is 0 Å². The summed E-state index contributed by atoms with van der Waals surface area (Å²) in [5.74, 6) is 0. The summed E-state index contributed by atoms with van der Waals surface area (Å²) < 4.78 is 105. The van der Waals surface area contributed by atoms with Crippen molar-refractivity contribution in [3.05, 3.63) is 246 Å². The Morgan fingerprint density at radius 2 is 0.486 bits per heavy atom. The van der Waals surface area contributed by atoms with Gasteiger partial charge in [-0.15, -0.1) is 30.7 Å². The van der Waals surface area contributed by atoms with Crippen molar-refractivity contribution < 1.29 is 108 Å². The molecule has 0 N–H and O–H groups in total. The molecule has 0 bridgehead atoms. The van der Waals surface area contributed by atoms with E-state index in [0.717, 1.165) is 12.8 Å². The fourth-order valence-corrected chi connectivity index (χ4v) is 14.2. The summed E-state index contributed by atoms with van der Waals surface area (Å²) in [5, 5.41) is 0. The SMILES string of the molecule is Cc1ccccc1[S+](c1ccc(Cc2ccc([I+]c3ccc(Cc4ccc([S+](c5ccccc5C)c5ccccc5C)cc4)cc3)cc2)cc1)c1ccccc1C.[O-][Cl+3]([O-])([O-])[O-].[O-][Cl+3]([O-])([O-])[O-].[O-][Cl+3]([O-])([O-])[O-]. The van der Waals surface area contributed by atoms with E-state index in [1.165, 1.54) is 81.0 Å². The van der Waals surface area contributed by atoms with E-state index in [1.54, 1.807) is 0 Å². The van der Waals surface area contributed by atoms with Crippen molar-refractivity contribution in [2.75, 3.05) is 0 Å². The molecule has 0 atom stereocenters. The lowest BCUT2D eigenvalue weighted by Crippen LogP contribution is -3.61. The van der Waals surface area contributed by atoms with Crippen LogP contribution in [0.4, 0.5) is 0 Å². The summed E-state index contributed by atoms with van der Waals surface area (Å²) in [6, 6.07) is 72.8. The molecule has 0 aliphatic rings. The summed E-state index contributed by atoms with van der Waals surface area (Å²) in [7, 11) is -15.1. The predicted molar refractivity (Wildman–Crippen MR) is 238 cm³/mol. The topological polar surface area (TPSA) is 277 Å². The first-order valence-corrected chi connectivity index (χ1v) is 29.8. The number of hydrogen-bond donors (Lipinski definition) is 0. The van der Waals surface area contributed by atoms with Crippen LogP contribution in [0.15, 0.2) is 223 Å². The van der Waals surface area contributed by atoms with Crippen molar-refractivity contribution in [2.45, 2.75) is 69.9 Å². The van der Waals surface area contributed by atoms with E-state index in [0.29, 0.717) is 0 Å². The Balaban J connectivity index is 0.000000563. The molecule has 0 unspecified atom stereocenters. The van der Waals surface area contributed by atoms with Crippen molar-refractivity contribution >= 4 is 21.8 Å². The van der Waals surface area contributed by atoms with Gasteiger partial charge in [-0.3, -0.25) is 0 Å². The average Bonchev–Trinajstić information content (AvgIpc) is 3.30. The van der Waals surface area contributed by atoms with Crippen LogP contribution in [0.25, 0.3) is 0 Å². The molecule has 8 aromatic rings. The Labute approximate surface area is 442 Å². The number of aryl methyl sites for hydroxylation is 4. The van der Waals surface area contributed by atoms with Crippen molar-refractivity contribution in [3.63, 3.8) is 0 Å². The Bertz CT molecular complexity index is 2610. The zero-order valence-corrected chi connectivity index (χ0v) is 45.2. The zero-order chi connectivity index (χ0) is 52.6. The maximum absolute atomic E-state index is 8.49. The second-order valence-electron chi connectivity index (χ2n) is 15.8. The first-order valence-electron chi connectivity index (χ1n) is 21.5. The van der Waals surface area contributed by atoms with E-state index in [1.807, 2.05) is 0 Å². The Kier molecular flexibility index (Phi) is 22.1. The third kappa shape index (κ3) is 20.5. The van der Waals surface area contributed by atoms with Crippen molar-refractivity contribution in [1.29, 1.82) is 0 Å². The quantitative estimate of drug-likeness (QED) is 0.0841. The third-order valence-corrected chi connectivity index (χ3v) is 18.2. The average molecular weight is 1190 g/mol. The molecule has 0 heterocycles. The molecule has 0 saturated carbocycles. The summed E-state index contributed by atoms with van der Waals surface area (Å²) in [5.41, 5.74) is 10.8. The van der Waals surface area contributed by atoms with Gasteiger partial charge in [0.25, 0.3) is 0 Å². The smallest absolute Gasteiger partial charge is 0.222 e. The molecule has 18 heteroatoms. The molecule has 8 aromatic carbocycles. The highest BCUT2D eigenvalue weighted by molar-refractivity contribution is 7.97. The van der Waals surface area contributed by atoms with Crippen molar-refractivity contribution in [2.24, 2.45) is 0 Å². The summed E-state index contributed by atoms with van der Waals surface area (Å²) in [6.45, 7) is 8.94. The molecule has 72 heavy (non-hydrogen) atoms. The molecule has 376 valence electrons. The standard InChI is InChI=1S/C54H48IS2.3ClHO4/c1-39-13-5-9-17-51(39)56(52-18-10-6-14-40(52)2)49-33-25-45(26-34-49)37-43-21-29-47(30-22-43)55-48-31-23-44(24-32-48)38-46-27-35-50(36-28-46)57(53-19-11-7-15-41(53)3)54-20-12-8-16-42(54)4;3*2-1(3,4)5/h5-36H,37-38H2,1-4H3;3*(H,2,3,4,5)/q+3;;;/p-3. The fourth-order valence-electron chi connectivity index (χ4n) is 7.30. The summed E-state index contributed by atoms with van der Waals surface area (Å²) >= 11 is -0.242. The first kappa shape index (κ1) is 58.5. The number of halogens is 4. The lowest BCUT2D eigenvalue weighted by molar-refractivity contribution is -2.00. The molecule has 0 radical (unpaired) electrons. The van der Waals surface area contributed by atoms with Gasteiger partial charge in [0.05, 0.1) is 21.8 Å². The van der Waals surface area contributed by atoms with Gasteiger partial charge >= 0.3 is 21.2 Å². The lowest BCUT2D eigenvalue weighted by Gasteiger charge is -2.17.